The summed E-state index contributed by atoms with van der Waals surface area (Å²) in [5.74, 6) is 0.0470. The molecule has 106 valence electrons. The van der Waals surface area contributed by atoms with Gasteiger partial charge in [0.05, 0.1) is 11.9 Å². The Morgan fingerprint density at radius 2 is 1.95 bits per heavy atom. The highest BCUT2D eigenvalue weighted by molar-refractivity contribution is 5.30. The molecule has 0 saturated carbocycles. The number of benzene rings is 1. The molecular formula is C15H16FNO3. The molecule has 1 heterocycles. The Hall–Kier alpha value is -2.01. The van der Waals surface area contributed by atoms with E-state index >= 15 is 0 Å². The summed E-state index contributed by atoms with van der Waals surface area (Å²) in [6.07, 6.45) is 1.54. The molecule has 1 aromatic heterocycles. The van der Waals surface area contributed by atoms with E-state index in [-0.39, 0.29) is 5.82 Å². The minimum atomic E-state index is -0.794. The van der Waals surface area contributed by atoms with E-state index in [1.54, 1.807) is 19.4 Å². The smallest absolute Gasteiger partial charge is 0.174 e. The number of ether oxygens (including phenoxy) is 1. The number of methoxy groups -OCH3 is 1. The first-order valence-corrected chi connectivity index (χ1v) is 6.20. The second kappa shape index (κ2) is 5.54. The van der Waals surface area contributed by atoms with Gasteiger partial charge in [0.1, 0.15) is 11.6 Å². The molecule has 1 aromatic carbocycles. The lowest BCUT2D eigenvalue weighted by Crippen LogP contribution is -2.18. The Labute approximate surface area is 116 Å². The van der Waals surface area contributed by atoms with Gasteiger partial charge in [-0.05, 0) is 37.6 Å². The zero-order chi connectivity index (χ0) is 14.8. The van der Waals surface area contributed by atoms with Crippen LogP contribution in [-0.2, 0) is 10.3 Å². The highest BCUT2D eigenvalue weighted by Gasteiger charge is 2.25. The van der Waals surface area contributed by atoms with Crippen LogP contribution in [0.3, 0.4) is 0 Å². The maximum Gasteiger partial charge on any atom is 0.174 e. The van der Waals surface area contributed by atoms with Crippen LogP contribution in [0.25, 0.3) is 0 Å². The molecule has 20 heavy (non-hydrogen) atoms. The fourth-order valence-electron chi connectivity index (χ4n) is 1.85. The molecular weight excluding hydrogens is 261 g/mol. The molecule has 0 saturated heterocycles. The summed E-state index contributed by atoms with van der Waals surface area (Å²) < 4.78 is 23.7. The van der Waals surface area contributed by atoms with Crippen molar-refractivity contribution in [2.75, 3.05) is 7.11 Å². The Balaban J connectivity index is 2.33. The molecule has 0 radical (unpaired) electrons. The SMILES string of the molecule is COC(C)(C)c1coc(C(N=O)c2ccc(F)cc2)c1. The molecule has 0 spiro atoms. The van der Waals surface area contributed by atoms with Crippen molar-refractivity contribution in [1.82, 2.24) is 0 Å². The van der Waals surface area contributed by atoms with E-state index in [1.807, 2.05) is 13.8 Å². The topological polar surface area (TPSA) is 51.8 Å². The first-order chi connectivity index (χ1) is 9.47. The molecule has 0 aliphatic carbocycles. The molecule has 0 N–H and O–H groups in total. The second-order valence-corrected chi connectivity index (χ2v) is 5.01. The van der Waals surface area contributed by atoms with Gasteiger partial charge in [0.2, 0.25) is 0 Å². The van der Waals surface area contributed by atoms with Gasteiger partial charge in [-0.3, -0.25) is 0 Å². The molecule has 2 aromatic rings. The molecule has 1 unspecified atom stereocenters. The third-order valence-corrected chi connectivity index (χ3v) is 3.39. The fourth-order valence-corrected chi connectivity index (χ4v) is 1.85. The molecule has 5 heteroatoms. The zero-order valence-electron chi connectivity index (χ0n) is 11.6. The summed E-state index contributed by atoms with van der Waals surface area (Å²) in [4.78, 5) is 11.1. The number of rotatable bonds is 5. The van der Waals surface area contributed by atoms with Crippen molar-refractivity contribution in [2.24, 2.45) is 5.18 Å². The summed E-state index contributed by atoms with van der Waals surface area (Å²) >= 11 is 0. The summed E-state index contributed by atoms with van der Waals surface area (Å²) in [6, 6.07) is 6.55. The van der Waals surface area contributed by atoms with Crippen LogP contribution < -0.4 is 0 Å². The third-order valence-electron chi connectivity index (χ3n) is 3.39. The van der Waals surface area contributed by atoms with Crippen LogP contribution in [0.4, 0.5) is 4.39 Å². The van der Waals surface area contributed by atoms with Crippen molar-refractivity contribution in [3.8, 4) is 0 Å². The zero-order valence-corrected chi connectivity index (χ0v) is 11.6. The van der Waals surface area contributed by atoms with Gasteiger partial charge in [-0.2, -0.15) is 0 Å². The number of halogens is 1. The van der Waals surface area contributed by atoms with E-state index in [0.29, 0.717) is 11.3 Å². The van der Waals surface area contributed by atoms with Crippen molar-refractivity contribution >= 4 is 0 Å². The molecule has 4 nitrogen and oxygen atoms in total. The lowest BCUT2D eigenvalue weighted by atomic mass is 9.99. The van der Waals surface area contributed by atoms with Crippen LogP contribution in [0, 0.1) is 10.7 Å². The van der Waals surface area contributed by atoms with Crippen LogP contribution in [-0.4, -0.2) is 7.11 Å². The predicted molar refractivity (Wildman–Crippen MR) is 72.8 cm³/mol. The summed E-state index contributed by atoms with van der Waals surface area (Å²) in [5.41, 5.74) is 0.876. The Morgan fingerprint density at radius 3 is 2.50 bits per heavy atom. The van der Waals surface area contributed by atoms with Gasteiger partial charge >= 0.3 is 0 Å². The minimum Gasteiger partial charge on any atom is -0.466 e. The summed E-state index contributed by atoms with van der Waals surface area (Å²) in [7, 11) is 1.60. The van der Waals surface area contributed by atoms with Crippen LogP contribution in [0.5, 0.6) is 0 Å². The lowest BCUT2D eigenvalue weighted by molar-refractivity contribution is 0.0187. The van der Waals surface area contributed by atoms with Gasteiger partial charge in [0.15, 0.2) is 6.04 Å². The first-order valence-electron chi connectivity index (χ1n) is 6.20. The summed E-state index contributed by atoms with van der Waals surface area (Å²) in [5, 5.41) is 3.07. The van der Waals surface area contributed by atoms with Crippen molar-refractivity contribution < 1.29 is 13.5 Å². The third kappa shape index (κ3) is 2.77. The van der Waals surface area contributed by atoms with Gasteiger partial charge in [-0.25, -0.2) is 4.39 Å². The van der Waals surface area contributed by atoms with Crippen LogP contribution in [0.1, 0.15) is 36.8 Å². The Kier molecular flexibility index (Phi) is 3.99. The lowest BCUT2D eigenvalue weighted by Gasteiger charge is -2.20. The van der Waals surface area contributed by atoms with E-state index in [9.17, 15) is 9.30 Å². The molecule has 0 aliphatic rings. The monoisotopic (exact) mass is 277 g/mol. The molecule has 0 bridgehead atoms. The van der Waals surface area contributed by atoms with E-state index < -0.39 is 11.6 Å². The first kappa shape index (κ1) is 14.4. The number of hydrogen-bond donors (Lipinski definition) is 0. The number of nitroso groups, excluding NO2 is 1. The quantitative estimate of drug-likeness (QED) is 0.771. The largest absolute Gasteiger partial charge is 0.466 e. The highest BCUT2D eigenvalue weighted by atomic mass is 19.1. The van der Waals surface area contributed by atoms with E-state index in [1.165, 1.54) is 24.3 Å². The van der Waals surface area contributed by atoms with E-state index in [0.717, 1.165) is 5.56 Å². The number of nitrogens with zero attached hydrogens (tertiary/aromatic N) is 1. The van der Waals surface area contributed by atoms with Crippen molar-refractivity contribution in [1.29, 1.82) is 0 Å². The fraction of sp³-hybridized carbons (Fsp3) is 0.333. The number of hydrogen-bond acceptors (Lipinski definition) is 4. The van der Waals surface area contributed by atoms with Crippen LogP contribution in [0.15, 0.2) is 46.2 Å². The minimum absolute atomic E-state index is 0.362. The van der Waals surface area contributed by atoms with Crippen LogP contribution >= 0.6 is 0 Å². The molecule has 1 atom stereocenters. The maximum absolute atomic E-state index is 12.9. The van der Waals surface area contributed by atoms with Gasteiger partial charge in [-0.15, -0.1) is 4.91 Å². The normalized spacial score (nSPS) is 13.2. The average molecular weight is 277 g/mol. The molecule has 2 rings (SSSR count). The van der Waals surface area contributed by atoms with E-state index in [2.05, 4.69) is 5.18 Å². The Bertz CT molecular complexity index is 589. The molecule has 0 fully saturated rings. The average Bonchev–Trinajstić information content (AvgIpc) is 2.92. The van der Waals surface area contributed by atoms with Gasteiger partial charge in [-0.1, -0.05) is 17.3 Å². The van der Waals surface area contributed by atoms with Crippen molar-refractivity contribution in [3.63, 3.8) is 0 Å². The van der Waals surface area contributed by atoms with Gasteiger partial charge < -0.3 is 9.15 Å². The van der Waals surface area contributed by atoms with E-state index in [4.69, 9.17) is 9.15 Å². The van der Waals surface area contributed by atoms with Gasteiger partial charge in [0.25, 0.3) is 0 Å². The predicted octanol–water partition coefficient (Wildman–Crippen LogP) is 4.16. The highest BCUT2D eigenvalue weighted by Crippen LogP contribution is 2.32. The maximum atomic E-state index is 12.9. The molecule has 0 aliphatic heterocycles. The van der Waals surface area contributed by atoms with Crippen molar-refractivity contribution in [2.45, 2.75) is 25.5 Å². The van der Waals surface area contributed by atoms with Gasteiger partial charge in [0, 0.05) is 12.7 Å². The van der Waals surface area contributed by atoms with Crippen LogP contribution in [0.2, 0.25) is 0 Å². The number of furan rings is 1. The summed E-state index contributed by atoms with van der Waals surface area (Å²) in [6.45, 7) is 3.78. The second-order valence-electron chi connectivity index (χ2n) is 5.01. The Morgan fingerprint density at radius 1 is 1.30 bits per heavy atom. The standard InChI is InChI=1S/C15H16FNO3/c1-15(2,19-3)11-8-13(20-9-11)14(17-18)10-4-6-12(16)7-5-10/h4-9,14H,1-3H3. The molecule has 0 amide bonds. The van der Waals surface area contributed by atoms with Crippen molar-refractivity contribution in [3.05, 3.63) is 64.2 Å².